The van der Waals surface area contributed by atoms with E-state index in [2.05, 4.69) is 10.6 Å². The number of hydrogen-bond acceptors (Lipinski definition) is 5. The normalized spacial score (nSPS) is 12.7. The first-order chi connectivity index (χ1) is 8.18. The number of carboxylic acid groups (broad SMARTS) is 1. The zero-order chi connectivity index (χ0) is 14.3. The SMILES string of the molecule is CC(=O)N[C@@H](CSCN(N=O)C(C)(C)C)C(=O)O. The molecule has 0 saturated carbocycles. The number of aliphatic carboxylic acids is 1. The maximum absolute atomic E-state index is 10.9. The van der Waals surface area contributed by atoms with Gasteiger partial charge in [-0.15, -0.1) is 16.7 Å². The topological polar surface area (TPSA) is 99.1 Å². The molecule has 18 heavy (non-hydrogen) atoms. The van der Waals surface area contributed by atoms with Crippen LogP contribution in [0.4, 0.5) is 0 Å². The maximum atomic E-state index is 10.9. The Morgan fingerprint density at radius 2 is 2.00 bits per heavy atom. The number of carbonyl (C=O) groups excluding carboxylic acids is 1. The van der Waals surface area contributed by atoms with Crippen molar-refractivity contribution in [3.63, 3.8) is 0 Å². The highest BCUT2D eigenvalue weighted by Crippen LogP contribution is 2.17. The summed E-state index contributed by atoms with van der Waals surface area (Å²) < 4.78 is 0. The van der Waals surface area contributed by atoms with E-state index in [1.807, 2.05) is 20.8 Å². The van der Waals surface area contributed by atoms with Crippen LogP contribution in [0.15, 0.2) is 5.29 Å². The van der Waals surface area contributed by atoms with E-state index in [4.69, 9.17) is 5.11 Å². The lowest BCUT2D eigenvalue weighted by atomic mass is 10.1. The number of carboxylic acids is 1. The van der Waals surface area contributed by atoms with Crippen molar-refractivity contribution in [2.75, 3.05) is 11.6 Å². The van der Waals surface area contributed by atoms with Crippen molar-refractivity contribution in [1.29, 1.82) is 0 Å². The minimum absolute atomic E-state index is 0.178. The molecule has 2 N–H and O–H groups in total. The molecule has 0 spiro atoms. The highest BCUT2D eigenvalue weighted by atomic mass is 32.2. The second-order valence-electron chi connectivity index (χ2n) is 4.74. The van der Waals surface area contributed by atoms with E-state index in [9.17, 15) is 14.5 Å². The van der Waals surface area contributed by atoms with Gasteiger partial charge in [0.05, 0.1) is 16.7 Å². The summed E-state index contributed by atoms with van der Waals surface area (Å²) in [5.74, 6) is -1.05. The Balaban J connectivity index is 4.25. The number of nitroso groups, excluding NO2 is 1. The van der Waals surface area contributed by atoms with Gasteiger partial charge in [-0.2, -0.15) is 0 Å². The summed E-state index contributed by atoms with van der Waals surface area (Å²) in [5.41, 5.74) is -0.415. The molecule has 0 saturated heterocycles. The van der Waals surface area contributed by atoms with E-state index in [1.165, 1.54) is 23.7 Å². The molecule has 0 aromatic carbocycles. The molecule has 104 valence electrons. The third-order valence-corrected chi connectivity index (χ3v) is 3.04. The van der Waals surface area contributed by atoms with Gasteiger partial charge in [-0.25, -0.2) is 9.80 Å². The fourth-order valence-corrected chi connectivity index (χ4v) is 2.19. The average molecular weight is 277 g/mol. The van der Waals surface area contributed by atoms with Crippen molar-refractivity contribution in [1.82, 2.24) is 10.3 Å². The molecule has 0 fully saturated rings. The molecular formula is C10H19N3O4S. The van der Waals surface area contributed by atoms with E-state index in [-0.39, 0.29) is 11.6 Å². The van der Waals surface area contributed by atoms with Crippen LogP contribution in [-0.2, 0) is 9.59 Å². The Labute approximate surface area is 110 Å². The number of hydrogen-bond donors (Lipinski definition) is 2. The molecule has 0 radical (unpaired) electrons. The lowest BCUT2D eigenvalue weighted by Crippen LogP contribution is -2.42. The van der Waals surface area contributed by atoms with Gasteiger partial charge in [0.2, 0.25) is 5.91 Å². The van der Waals surface area contributed by atoms with Gasteiger partial charge < -0.3 is 10.4 Å². The lowest BCUT2D eigenvalue weighted by molar-refractivity contribution is -0.140. The first-order valence-electron chi connectivity index (χ1n) is 5.37. The van der Waals surface area contributed by atoms with E-state index in [1.54, 1.807) is 0 Å². The minimum atomic E-state index is -1.10. The van der Waals surface area contributed by atoms with Crippen LogP contribution in [0.2, 0.25) is 0 Å². The van der Waals surface area contributed by atoms with Crippen molar-refractivity contribution in [3.05, 3.63) is 4.91 Å². The van der Waals surface area contributed by atoms with E-state index in [0.717, 1.165) is 0 Å². The monoisotopic (exact) mass is 277 g/mol. The molecule has 0 unspecified atom stereocenters. The van der Waals surface area contributed by atoms with Gasteiger partial charge in [-0.3, -0.25) is 4.79 Å². The highest BCUT2D eigenvalue weighted by Gasteiger charge is 2.23. The van der Waals surface area contributed by atoms with Crippen LogP contribution in [0.3, 0.4) is 0 Å². The van der Waals surface area contributed by atoms with Gasteiger partial charge in [-0.1, -0.05) is 0 Å². The zero-order valence-electron chi connectivity index (χ0n) is 11.0. The summed E-state index contributed by atoms with van der Waals surface area (Å²) in [6, 6.07) is -0.957. The third-order valence-electron chi connectivity index (χ3n) is 2.05. The highest BCUT2D eigenvalue weighted by molar-refractivity contribution is 7.99. The van der Waals surface area contributed by atoms with E-state index < -0.39 is 23.5 Å². The van der Waals surface area contributed by atoms with Crippen LogP contribution >= 0.6 is 11.8 Å². The Bertz CT molecular complexity index is 317. The number of nitrogens with zero attached hydrogens (tertiary/aromatic N) is 2. The van der Waals surface area contributed by atoms with Crippen molar-refractivity contribution in [2.24, 2.45) is 5.29 Å². The van der Waals surface area contributed by atoms with Crippen molar-refractivity contribution in [3.8, 4) is 0 Å². The van der Waals surface area contributed by atoms with Crippen LogP contribution in [0.1, 0.15) is 27.7 Å². The predicted octanol–water partition coefficient (Wildman–Crippen LogP) is 1.05. The number of thioether (sulfide) groups is 1. The van der Waals surface area contributed by atoms with Crippen LogP contribution in [0, 0.1) is 4.91 Å². The molecule has 0 aliphatic heterocycles. The summed E-state index contributed by atoms with van der Waals surface area (Å²) in [5, 5.41) is 15.4. The quantitative estimate of drug-likeness (QED) is 0.410. The van der Waals surface area contributed by atoms with Gasteiger partial charge in [0, 0.05) is 12.7 Å². The smallest absolute Gasteiger partial charge is 0.327 e. The van der Waals surface area contributed by atoms with Crippen molar-refractivity contribution >= 4 is 23.6 Å². The van der Waals surface area contributed by atoms with Crippen molar-refractivity contribution < 1.29 is 14.7 Å². The predicted molar refractivity (Wildman–Crippen MR) is 70.0 cm³/mol. The van der Waals surface area contributed by atoms with Crippen LogP contribution < -0.4 is 5.32 Å². The zero-order valence-corrected chi connectivity index (χ0v) is 11.8. The summed E-state index contributed by atoms with van der Waals surface area (Å²) >= 11 is 1.23. The molecule has 0 aliphatic rings. The molecule has 1 atom stereocenters. The van der Waals surface area contributed by atoms with Gasteiger partial charge in [0.1, 0.15) is 6.04 Å². The van der Waals surface area contributed by atoms with Gasteiger partial charge in [0.25, 0.3) is 0 Å². The summed E-state index contributed by atoms with van der Waals surface area (Å²) in [6.07, 6.45) is 0. The molecule has 0 bridgehead atoms. The maximum Gasteiger partial charge on any atom is 0.327 e. The Morgan fingerprint density at radius 1 is 1.44 bits per heavy atom. The molecule has 0 aromatic heterocycles. The average Bonchev–Trinajstić information content (AvgIpc) is 2.19. The lowest BCUT2D eigenvalue weighted by Gasteiger charge is -2.29. The standard InChI is InChI=1S/C10H19N3O4S/c1-7(14)11-8(9(15)16)5-18-6-13(12-17)10(2,3)4/h8H,5-6H2,1-4H3,(H,11,14)(H,15,16)/t8-/m0/s1. The first-order valence-corrected chi connectivity index (χ1v) is 6.52. The molecule has 7 nitrogen and oxygen atoms in total. The van der Waals surface area contributed by atoms with Crippen molar-refractivity contribution in [2.45, 2.75) is 39.3 Å². The fraction of sp³-hybridized carbons (Fsp3) is 0.800. The summed E-state index contributed by atoms with van der Waals surface area (Å²) in [4.78, 5) is 32.3. The molecule has 0 heterocycles. The summed E-state index contributed by atoms with van der Waals surface area (Å²) in [6.45, 7) is 6.75. The van der Waals surface area contributed by atoms with E-state index >= 15 is 0 Å². The Hall–Kier alpha value is -1.31. The van der Waals surface area contributed by atoms with E-state index in [0.29, 0.717) is 0 Å². The molecule has 0 aliphatic carbocycles. The molecule has 0 aromatic rings. The second kappa shape index (κ2) is 7.20. The number of carbonyl (C=O) groups is 2. The van der Waals surface area contributed by atoms with Crippen LogP contribution in [0.5, 0.6) is 0 Å². The van der Waals surface area contributed by atoms with Gasteiger partial charge >= 0.3 is 5.97 Å². The molecular weight excluding hydrogens is 258 g/mol. The fourth-order valence-electron chi connectivity index (χ4n) is 1.02. The first kappa shape index (κ1) is 16.7. The molecule has 1 amide bonds. The van der Waals surface area contributed by atoms with Crippen LogP contribution in [0.25, 0.3) is 0 Å². The summed E-state index contributed by atoms with van der Waals surface area (Å²) in [7, 11) is 0. The minimum Gasteiger partial charge on any atom is -0.480 e. The largest absolute Gasteiger partial charge is 0.480 e. The van der Waals surface area contributed by atoms with Gasteiger partial charge in [-0.05, 0) is 20.8 Å². The van der Waals surface area contributed by atoms with Crippen LogP contribution in [-0.4, -0.2) is 45.2 Å². The number of rotatable bonds is 7. The Morgan fingerprint density at radius 3 is 2.33 bits per heavy atom. The van der Waals surface area contributed by atoms with Gasteiger partial charge in [0.15, 0.2) is 0 Å². The number of nitrogens with one attached hydrogen (secondary N) is 1. The third kappa shape index (κ3) is 6.43. The molecule has 0 rings (SSSR count). The Kier molecular flexibility index (Phi) is 6.67. The number of amides is 1. The second-order valence-corrected chi connectivity index (χ2v) is 5.74. The molecule has 8 heteroatoms.